The van der Waals surface area contributed by atoms with Gasteiger partial charge in [0.2, 0.25) is 0 Å². The third kappa shape index (κ3) is 4.16. The molecule has 0 spiro atoms. The van der Waals surface area contributed by atoms with Crippen molar-refractivity contribution in [1.82, 2.24) is 14.6 Å². The molecule has 0 atom stereocenters. The van der Waals surface area contributed by atoms with Crippen LogP contribution in [0, 0.1) is 34.6 Å². The summed E-state index contributed by atoms with van der Waals surface area (Å²) in [6.07, 6.45) is 1.87. The Morgan fingerprint density at radius 2 is 1.61 bits per heavy atom. The van der Waals surface area contributed by atoms with E-state index in [-0.39, 0.29) is 12.0 Å². The number of aromatic nitrogens is 3. The highest BCUT2D eigenvalue weighted by Gasteiger charge is 2.26. The fourth-order valence-corrected chi connectivity index (χ4v) is 4.40. The summed E-state index contributed by atoms with van der Waals surface area (Å²) < 4.78 is 7.15. The number of ether oxygens (including phenoxy) is 1. The van der Waals surface area contributed by atoms with Crippen molar-refractivity contribution in [3.63, 3.8) is 0 Å². The predicted octanol–water partition coefficient (Wildman–Crippen LogP) is 5.72. The third-order valence-corrected chi connectivity index (χ3v) is 5.85. The fourth-order valence-electron chi connectivity index (χ4n) is 4.40. The van der Waals surface area contributed by atoms with Crippen molar-refractivity contribution in [3.8, 4) is 11.1 Å². The smallest absolute Gasteiger partial charge is 0.343 e. The minimum absolute atomic E-state index is 0.217. The van der Waals surface area contributed by atoms with Crippen molar-refractivity contribution in [2.24, 2.45) is 0 Å². The highest BCUT2D eigenvalue weighted by Crippen LogP contribution is 2.36. The molecule has 6 heteroatoms. The maximum absolute atomic E-state index is 12.9. The summed E-state index contributed by atoms with van der Waals surface area (Å²) in [5.74, 6) is 0.284. The zero-order chi connectivity index (χ0) is 22.9. The third-order valence-electron chi connectivity index (χ3n) is 5.85. The molecule has 0 bridgehead atoms. The molecule has 0 unspecified atom stereocenters. The lowest BCUT2D eigenvalue weighted by Gasteiger charge is -2.20. The number of esters is 1. The number of benzene rings is 1. The van der Waals surface area contributed by atoms with E-state index in [1.165, 1.54) is 16.7 Å². The van der Waals surface area contributed by atoms with Gasteiger partial charge in [-0.1, -0.05) is 31.5 Å². The predicted molar refractivity (Wildman–Crippen MR) is 126 cm³/mol. The van der Waals surface area contributed by atoms with E-state index in [0.29, 0.717) is 23.7 Å². The number of rotatable bonds is 7. The molecule has 2 heterocycles. The molecule has 6 nitrogen and oxygen atoms in total. The summed E-state index contributed by atoms with van der Waals surface area (Å²) in [6, 6.07) is 4.59. The Kier molecular flexibility index (Phi) is 6.68. The van der Waals surface area contributed by atoms with Crippen molar-refractivity contribution < 1.29 is 9.53 Å². The maximum atomic E-state index is 12.9. The first kappa shape index (κ1) is 22.8. The van der Waals surface area contributed by atoms with E-state index < -0.39 is 0 Å². The molecule has 31 heavy (non-hydrogen) atoms. The van der Waals surface area contributed by atoms with Crippen LogP contribution >= 0.6 is 0 Å². The van der Waals surface area contributed by atoms with Gasteiger partial charge in [-0.3, -0.25) is 0 Å². The van der Waals surface area contributed by atoms with Gasteiger partial charge >= 0.3 is 5.97 Å². The largest absolute Gasteiger partial charge is 0.462 e. The summed E-state index contributed by atoms with van der Waals surface area (Å²) >= 11 is 0. The Bertz CT molecular complexity index is 1100. The van der Waals surface area contributed by atoms with Gasteiger partial charge in [0.1, 0.15) is 11.4 Å². The number of nitrogens with zero attached hydrogens (tertiary/aromatic N) is 3. The minimum atomic E-state index is -0.375. The molecule has 0 saturated heterocycles. The fraction of sp³-hybridized carbons (Fsp3) is 0.480. The Balaban J connectivity index is 2.37. The van der Waals surface area contributed by atoms with Gasteiger partial charge in [0.05, 0.1) is 23.6 Å². The summed E-state index contributed by atoms with van der Waals surface area (Å²) in [6.45, 7) is 16.6. The molecule has 0 aliphatic carbocycles. The Morgan fingerprint density at radius 3 is 2.16 bits per heavy atom. The van der Waals surface area contributed by atoms with Gasteiger partial charge in [-0.15, -0.1) is 0 Å². The van der Waals surface area contributed by atoms with Gasteiger partial charge in [-0.05, 0) is 71.1 Å². The number of nitrogens with one attached hydrogen (secondary N) is 1. The van der Waals surface area contributed by atoms with Crippen LogP contribution < -0.4 is 5.32 Å². The van der Waals surface area contributed by atoms with Crippen LogP contribution in [-0.4, -0.2) is 33.2 Å². The lowest BCUT2D eigenvalue weighted by molar-refractivity contribution is 0.0525. The average molecular weight is 423 g/mol. The molecule has 1 aromatic carbocycles. The van der Waals surface area contributed by atoms with Crippen LogP contribution in [0.3, 0.4) is 0 Å². The highest BCUT2D eigenvalue weighted by molar-refractivity contribution is 5.97. The molecule has 0 aliphatic heterocycles. The van der Waals surface area contributed by atoms with Crippen LogP contribution in [0.25, 0.3) is 16.8 Å². The molecule has 0 amide bonds. The highest BCUT2D eigenvalue weighted by atomic mass is 16.5. The maximum Gasteiger partial charge on any atom is 0.343 e. The number of aryl methyl sites for hydroxylation is 5. The molecule has 3 rings (SSSR count). The van der Waals surface area contributed by atoms with E-state index in [1.807, 2.05) is 20.8 Å². The molecule has 3 aromatic rings. The molecular weight excluding hydrogens is 388 g/mol. The van der Waals surface area contributed by atoms with Crippen LogP contribution in [0.1, 0.15) is 72.0 Å². The normalized spacial score (nSPS) is 11.4. The minimum Gasteiger partial charge on any atom is -0.462 e. The molecular formula is C25H34N4O2. The van der Waals surface area contributed by atoms with Crippen molar-refractivity contribution in [3.05, 3.63) is 45.8 Å². The van der Waals surface area contributed by atoms with Crippen molar-refractivity contribution >= 4 is 17.4 Å². The molecule has 0 saturated carbocycles. The number of hydrogen-bond acceptors (Lipinski definition) is 5. The molecule has 0 radical (unpaired) electrons. The van der Waals surface area contributed by atoms with Crippen molar-refractivity contribution in [1.29, 1.82) is 0 Å². The first-order valence-electron chi connectivity index (χ1n) is 11.1. The lowest BCUT2D eigenvalue weighted by Crippen LogP contribution is -2.23. The Labute approximate surface area is 185 Å². The SMILES string of the molecule is CCOC(=O)c1c(C)nc2c(-c3c(C)cc(C)cc3C)c(C)nn2c1NC(CC)CC. The lowest BCUT2D eigenvalue weighted by atomic mass is 9.94. The van der Waals surface area contributed by atoms with Crippen LogP contribution in [0.5, 0.6) is 0 Å². The second-order valence-electron chi connectivity index (χ2n) is 8.27. The number of carbonyl (C=O) groups is 1. The van der Waals surface area contributed by atoms with Crippen LogP contribution in [0.4, 0.5) is 5.82 Å². The standard InChI is InChI=1S/C25H34N4O2/c1-9-19(10-2)27-24-22(25(30)31-11-3)17(7)26-23-21(18(8)28-29(23)24)20-15(5)12-14(4)13-16(20)6/h12-13,19,27H,9-11H2,1-8H3. The van der Waals surface area contributed by atoms with E-state index >= 15 is 0 Å². The second-order valence-corrected chi connectivity index (χ2v) is 8.27. The summed E-state index contributed by atoms with van der Waals surface area (Å²) in [4.78, 5) is 17.7. The summed E-state index contributed by atoms with van der Waals surface area (Å²) in [5.41, 5.74) is 8.52. The quantitative estimate of drug-likeness (QED) is 0.494. The van der Waals surface area contributed by atoms with Crippen LogP contribution in [-0.2, 0) is 4.74 Å². The topological polar surface area (TPSA) is 68.5 Å². The first-order valence-corrected chi connectivity index (χ1v) is 11.1. The van der Waals surface area contributed by atoms with Crippen LogP contribution in [0.2, 0.25) is 0 Å². The molecule has 166 valence electrons. The van der Waals surface area contributed by atoms with Crippen LogP contribution in [0.15, 0.2) is 12.1 Å². The summed E-state index contributed by atoms with van der Waals surface area (Å²) in [7, 11) is 0. The summed E-state index contributed by atoms with van der Waals surface area (Å²) in [5, 5.41) is 8.40. The number of anilines is 1. The average Bonchev–Trinajstić information content (AvgIpc) is 3.01. The molecule has 2 aromatic heterocycles. The Hall–Kier alpha value is -2.89. The first-order chi connectivity index (χ1) is 14.7. The van der Waals surface area contributed by atoms with E-state index in [4.69, 9.17) is 14.8 Å². The molecule has 0 aliphatic rings. The van der Waals surface area contributed by atoms with Gasteiger partial charge in [-0.2, -0.15) is 9.61 Å². The van der Waals surface area contributed by atoms with Gasteiger partial charge in [-0.25, -0.2) is 9.78 Å². The zero-order valence-corrected chi connectivity index (χ0v) is 20.0. The van der Waals surface area contributed by atoms with Crippen molar-refractivity contribution in [2.75, 3.05) is 11.9 Å². The monoisotopic (exact) mass is 422 g/mol. The van der Waals surface area contributed by atoms with Gasteiger partial charge in [0, 0.05) is 6.04 Å². The van der Waals surface area contributed by atoms with Gasteiger partial charge < -0.3 is 10.1 Å². The van der Waals surface area contributed by atoms with E-state index in [2.05, 4.69) is 52.1 Å². The molecule has 1 N–H and O–H groups in total. The number of hydrogen-bond donors (Lipinski definition) is 1. The van der Waals surface area contributed by atoms with E-state index in [1.54, 1.807) is 4.52 Å². The van der Waals surface area contributed by atoms with Gasteiger partial charge in [0.25, 0.3) is 0 Å². The van der Waals surface area contributed by atoms with E-state index in [0.717, 1.165) is 35.3 Å². The Morgan fingerprint density at radius 1 is 1.00 bits per heavy atom. The second kappa shape index (κ2) is 9.08. The zero-order valence-electron chi connectivity index (χ0n) is 20.0. The van der Waals surface area contributed by atoms with E-state index in [9.17, 15) is 4.79 Å². The van der Waals surface area contributed by atoms with Crippen molar-refractivity contribution in [2.45, 2.75) is 74.3 Å². The van der Waals surface area contributed by atoms with Gasteiger partial charge in [0.15, 0.2) is 5.65 Å². The number of carbonyl (C=O) groups excluding carboxylic acids is 1. The number of fused-ring (bicyclic) bond motifs is 1. The molecule has 0 fully saturated rings.